The van der Waals surface area contributed by atoms with Gasteiger partial charge in [-0.3, -0.25) is 24.0 Å². The van der Waals surface area contributed by atoms with Crippen LogP contribution in [0.25, 0.3) is 5.76 Å². The molecule has 0 saturated heterocycles. The minimum Gasteiger partial charge on any atom is -0.497 e. The maximum Gasteiger partial charge on any atom is 0.236 e. The van der Waals surface area contributed by atoms with Crippen LogP contribution in [-0.4, -0.2) is 36.5 Å². The Bertz CT molecular complexity index is 1110. The summed E-state index contributed by atoms with van der Waals surface area (Å²) in [4.78, 5) is 60.1. The van der Waals surface area contributed by atoms with Gasteiger partial charge in [-0.05, 0) is 31.0 Å². The summed E-state index contributed by atoms with van der Waals surface area (Å²) in [5.74, 6) is -0.852. The Morgan fingerprint density at radius 1 is 0.966 bits per heavy atom. The van der Waals surface area contributed by atoms with Gasteiger partial charge in [0.25, 0.3) is 0 Å². The van der Waals surface area contributed by atoms with Crippen LogP contribution in [0.15, 0.2) is 43.0 Å². The fraction of sp³-hybridized carbons (Fsp3) is 0.0870. The summed E-state index contributed by atoms with van der Waals surface area (Å²) in [7, 11) is 1.36. The summed E-state index contributed by atoms with van der Waals surface area (Å²) < 4.78 is 5.01. The predicted octanol–water partition coefficient (Wildman–Crippen LogP) is 3.20. The van der Waals surface area contributed by atoms with Crippen molar-refractivity contribution >= 4 is 35.2 Å². The largest absolute Gasteiger partial charge is 0.497 e. The van der Waals surface area contributed by atoms with Gasteiger partial charge in [0.05, 0.1) is 7.11 Å². The number of ether oxygens (including phenoxy) is 1. The first-order valence-corrected chi connectivity index (χ1v) is 8.32. The summed E-state index contributed by atoms with van der Waals surface area (Å²) in [5, 5.41) is 0. The third kappa shape index (κ3) is 4.25. The fourth-order valence-electron chi connectivity index (χ4n) is 2.67. The van der Waals surface area contributed by atoms with E-state index in [1.165, 1.54) is 50.4 Å². The van der Waals surface area contributed by atoms with E-state index in [0.717, 1.165) is 0 Å². The molecule has 29 heavy (non-hydrogen) atoms. The van der Waals surface area contributed by atoms with Crippen LogP contribution in [0.2, 0.25) is 0 Å². The molecule has 0 N–H and O–H groups in total. The van der Waals surface area contributed by atoms with Crippen LogP contribution < -0.4 is 0 Å². The highest BCUT2D eigenvalue weighted by atomic mass is 16.5. The van der Waals surface area contributed by atoms with Crippen molar-refractivity contribution in [3.8, 4) is 12.3 Å². The predicted molar refractivity (Wildman–Crippen MR) is 106 cm³/mol. The minimum absolute atomic E-state index is 0.0157. The first-order chi connectivity index (χ1) is 13.7. The van der Waals surface area contributed by atoms with Gasteiger partial charge in [0.2, 0.25) is 17.3 Å². The third-order valence-electron chi connectivity index (χ3n) is 4.23. The monoisotopic (exact) mass is 388 g/mol. The van der Waals surface area contributed by atoms with Gasteiger partial charge >= 0.3 is 0 Å². The number of carbonyl (C=O) groups excluding carboxylic acids is 5. The minimum atomic E-state index is -0.889. The number of ketones is 4. The number of rotatable bonds is 8. The fourth-order valence-corrected chi connectivity index (χ4v) is 2.67. The van der Waals surface area contributed by atoms with Gasteiger partial charge in [-0.25, -0.2) is 0 Å². The zero-order valence-electron chi connectivity index (χ0n) is 15.8. The van der Waals surface area contributed by atoms with E-state index in [1.807, 2.05) is 5.92 Å². The first-order valence-electron chi connectivity index (χ1n) is 8.32. The molecule has 2 aromatic carbocycles. The number of aldehydes is 1. The maximum atomic E-state index is 12.7. The lowest BCUT2D eigenvalue weighted by atomic mass is 9.93. The molecule has 0 amide bonds. The summed E-state index contributed by atoms with van der Waals surface area (Å²) >= 11 is 0. The topological polar surface area (TPSA) is 94.6 Å². The molecule has 0 spiro atoms. The van der Waals surface area contributed by atoms with Crippen molar-refractivity contribution in [2.75, 3.05) is 7.11 Å². The molecular weight excluding hydrogens is 372 g/mol. The normalized spacial score (nSPS) is 9.83. The molecular formula is C23H16O6. The summed E-state index contributed by atoms with van der Waals surface area (Å²) in [6, 6.07) is 7.71. The van der Waals surface area contributed by atoms with Crippen molar-refractivity contribution in [2.45, 2.75) is 6.92 Å². The highest BCUT2D eigenvalue weighted by Crippen LogP contribution is 2.21. The van der Waals surface area contributed by atoms with E-state index in [0.29, 0.717) is 6.29 Å². The second-order valence-electron chi connectivity index (χ2n) is 6.00. The van der Waals surface area contributed by atoms with Crippen molar-refractivity contribution in [3.63, 3.8) is 0 Å². The molecule has 0 atom stereocenters. The van der Waals surface area contributed by atoms with Gasteiger partial charge in [-0.2, -0.15) is 0 Å². The standard InChI is InChI=1S/C23H16O6/c1-5-21(26)18-9-8-16(10-19(18)13(2)25)23(28)22(27)15-6-7-17(12-24)20(11-15)14(3)29-4/h1,6-12H,3H2,2,4H3. The lowest BCUT2D eigenvalue weighted by molar-refractivity contribution is 0.0816. The number of Topliss-reactive ketones (excluding diaryl/α,β-unsaturated/α-hetero) is 4. The molecule has 0 radical (unpaired) electrons. The van der Waals surface area contributed by atoms with Crippen molar-refractivity contribution in [3.05, 3.63) is 76.4 Å². The molecule has 0 aliphatic carbocycles. The zero-order valence-corrected chi connectivity index (χ0v) is 15.8. The van der Waals surface area contributed by atoms with Gasteiger partial charge in [0.15, 0.2) is 12.1 Å². The molecule has 0 fully saturated rings. The van der Waals surface area contributed by atoms with Gasteiger partial charge in [-0.15, -0.1) is 6.42 Å². The number of benzene rings is 2. The molecule has 0 aliphatic rings. The highest BCUT2D eigenvalue weighted by molar-refractivity contribution is 6.49. The molecule has 0 heterocycles. The molecule has 144 valence electrons. The molecule has 0 unspecified atom stereocenters. The Kier molecular flexibility index (Phi) is 6.37. The zero-order chi connectivity index (χ0) is 21.7. The Morgan fingerprint density at radius 3 is 2.00 bits per heavy atom. The van der Waals surface area contributed by atoms with E-state index in [4.69, 9.17) is 11.2 Å². The van der Waals surface area contributed by atoms with Crippen LogP contribution in [0.1, 0.15) is 64.3 Å². The molecule has 0 aliphatic heterocycles. The summed E-state index contributed by atoms with van der Waals surface area (Å²) in [6.07, 6.45) is 5.67. The maximum absolute atomic E-state index is 12.7. The van der Waals surface area contributed by atoms with Gasteiger partial charge in [0.1, 0.15) is 5.76 Å². The van der Waals surface area contributed by atoms with Crippen LogP contribution in [0.3, 0.4) is 0 Å². The molecule has 6 heteroatoms. The Balaban J connectivity index is 2.49. The number of terminal acetylenes is 1. The van der Waals surface area contributed by atoms with Crippen molar-refractivity contribution in [1.82, 2.24) is 0 Å². The SMILES string of the molecule is C#CC(=O)c1ccc(C(=O)C(=O)c2ccc(C=O)c(C(=C)OC)c2)cc1C(C)=O. The lowest BCUT2D eigenvalue weighted by Crippen LogP contribution is -2.17. The smallest absolute Gasteiger partial charge is 0.236 e. The lowest BCUT2D eigenvalue weighted by Gasteiger charge is -2.10. The molecule has 0 saturated carbocycles. The van der Waals surface area contributed by atoms with E-state index in [1.54, 1.807) is 0 Å². The van der Waals surface area contributed by atoms with E-state index in [9.17, 15) is 24.0 Å². The first kappa shape index (κ1) is 21.2. The number of carbonyl (C=O) groups is 5. The molecule has 2 aromatic rings. The third-order valence-corrected chi connectivity index (χ3v) is 4.23. The van der Waals surface area contributed by atoms with E-state index in [-0.39, 0.29) is 39.1 Å². The van der Waals surface area contributed by atoms with Crippen molar-refractivity contribution in [1.29, 1.82) is 0 Å². The summed E-state index contributed by atoms with van der Waals surface area (Å²) in [5.41, 5.74) is 0.411. The molecule has 0 aromatic heterocycles. The van der Waals surface area contributed by atoms with Gasteiger partial charge in [-0.1, -0.05) is 24.8 Å². The second-order valence-corrected chi connectivity index (χ2v) is 6.00. The molecule has 6 nitrogen and oxygen atoms in total. The van der Waals surface area contributed by atoms with Crippen molar-refractivity contribution in [2.24, 2.45) is 0 Å². The van der Waals surface area contributed by atoms with E-state index >= 15 is 0 Å². The van der Waals surface area contributed by atoms with Gasteiger partial charge in [0, 0.05) is 33.4 Å². The van der Waals surface area contributed by atoms with Crippen LogP contribution >= 0.6 is 0 Å². The van der Waals surface area contributed by atoms with E-state index in [2.05, 4.69) is 6.58 Å². The number of methoxy groups -OCH3 is 1. The molecule has 0 bridgehead atoms. The van der Waals surface area contributed by atoms with Crippen LogP contribution in [0, 0.1) is 12.3 Å². The van der Waals surface area contributed by atoms with Crippen molar-refractivity contribution < 1.29 is 28.7 Å². The van der Waals surface area contributed by atoms with Crippen LogP contribution in [0.5, 0.6) is 0 Å². The Labute approximate surface area is 167 Å². The van der Waals surface area contributed by atoms with E-state index < -0.39 is 23.1 Å². The molecule has 2 rings (SSSR count). The number of hydrogen-bond acceptors (Lipinski definition) is 6. The van der Waals surface area contributed by atoms with Crippen LogP contribution in [-0.2, 0) is 4.74 Å². The second kappa shape index (κ2) is 8.72. The highest BCUT2D eigenvalue weighted by Gasteiger charge is 2.23. The average molecular weight is 388 g/mol. The quantitative estimate of drug-likeness (QED) is 0.172. The number of hydrogen-bond donors (Lipinski definition) is 0. The average Bonchev–Trinajstić information content (AvgIpc) is 2.75. The van der Waals surface area contributed by atoms with Gasteiger partial charge < -0.3 is 4.74 Å². The van der Waals surface area contributed by atoms with Crippen LogP contribution in [0.4, 0.5) is 0 Å². The Hall–Kier alpha value is -4.11. The Morgan fingerprint density at radius 2 is 1.52 bits per heavy atom. The summed E-state index contributed by atoms with van der Waals surface area (Å²) in [6.45, 7) is 4.88.